The Labute approximate surface area is 107 Å². The fourth-order valence-corrected chi connectivity index (χ4v) is 2.68. The van der Waals surface area contributed by atoms with Crippen molar-refractivity contribution < 1.29 is 9.18 Å². The van der Waals surface area contributed by atoms with Crippen LogP contribution in [0.5, 0.6) is 0 Å². The third-order valence-electron chi connectivity index (χ3n) is 3.64. The first-order valence-electron chi connectivity index (χ1n) is 6.18. The molecule has 0 aliphatic carbocycles. The molecule has 4 heteroatoms. The van der Waals surface area contributed by atoms with Gasteiger partial charge in [0, 0.05) is 30.4 Å². The molecule has 0 bridgehead atoms. The Hall–Kier alpha value is -1.42. The molecular formula is C14H19FN2O. The van der Waals surface area contributed by atoms with Crippen LogP contribution in [0, 0.1) is 11.7 Å². The molecule has 1 aromatic rings. The summed E-state index contributed by atoms with van der Waals surface area (Å²) in [4.78, 5) is 15.1. The summed E-state index contributed by atoms with van der Waals surface area (Å²) in [7, 11) is 4.13. The fourth-order valence-electron chi connectivity index (χ4n) is 2.68. The molecular weight excluding hydrogens is 231 g/mol. The minimum Gasteiger partial charge on any atom is -0.370 e. The van der Waals surface area contributed by atoms with Crippen molar-refractivity contribution >= 4 is 12.0 Å². The lowest BCUT2D eigenvalue weighted by Crippen LogP contribution is -2.34. The summed E-state index contributed by atoms with van der Waals surface area (Å²) in [5.74, 6) is 0.179. The van der Waals surface area contributed by atoms with Gasteiger partial charge in [0.05, 0.1) is 0 Å². The van der Waals surface area contributed by atoms with E-state index in [1.165, 1.54) is 12.1 Å². The van der Waals surface area contributed by atoms with E-state index in [1.807, 2.05) is 0 Å². The van der Waals surface area contributed by atoms with Gasteiger partial charge in [0.25, 0.3) is 0 Å². The van der Waals surface area contributed by atoms with Gasteiger partial charge in [-0.1, -0.05) is 6.92 Å². The topological polar surface area (TPSA) is 23.6 Å². The molecule has 0 saturated carbocycles. The highest BCUT2D eigenvalue weighted by molar-refractivity contribution is 5.77. The van der Waals surface area contributed by atoms with Crippen LogP contribution < -0.4 is 4.90 Å². The number of likely N-dealkylation sites (N-methyl/N-ethyl adjacent to an activating group) is 1. The second kappa shape index (κ2) is 5.06. The molecule has 1 saturated heterocycles. The van der Waals surface area contributed by atoms with Crippen molar-refractivity contribution in [1.29, 1.82) is 0 Å². The number of rotatable bonds is 3. The molecule has 98 valence electrons. The van der Waals surface area contributed by atoms with Gasteiger partial charge in [0.15, 0.2) is 0 Å². The van der Waals surface area contributed by atoms with E-state index in [1.54, 1.807) is 6.07 Å². The van der Waals surface area contributed by atoms with Crippen LogP contribution in [0.25, 0.3) is 0 Å². The Morgan fingerprint density at radius 2 is 2.06 bits per heavy atom. The first-order valence-corrected chi connectivity index (χ1v) is 6.18. The standard InChI is InChI=1S/C14H19FN2O/c1-10-7-17(8-14(10)16(2)3)13-5-11(9-18)4-12(15)6-13/h4-6,9-10,14H,7-8H2,1-3H3. The first kappa shape index (κ1) is 13.0. The SMILES string of the molecule is CC1CN(c2cc(F)cc(C=O)c2)CC1N(C)C. The summed E-state index contributed by atoms with van der Waals surface area (Å²) >= 11 is 0. The predicted octanol–water partition coefficient (Wildman–Crippen LogP) is 2.02. The van der Waals surface area contributed by atoms with Crippen LogP contribution in [0.2, 0.25) is 0 Å². The first-order chi connectivity index (χ1) is 8.51. The van der Waals surface area contributed by atoms with Gasteiger partial charge in [-0.15, -0.1) is 0 Å². The molecule has 1 aromatic carbocycles. The van der Waals surface area contributed by atoms with E-state index in [0.717, 1.165) is 18.8 Å². The van der Waals surface area contributed by atoms with Crippen molar-refractivity contribution in [2.45, 2.75) is 13.0 Å². The van der Waals surface area contributed by atoms with E-state index >= 15 is 0 Å². The number of hydrogen-bond donors (Lipinski definition) is 0. The highest BCUT2D eigenvalue weighted by atomic mass is 19.1. The van der Waals surface area contributed by atoms with Gasteiger partial charge in [-0.25, -0.2) is 4.39 Å². The number of anilines is 1. The second-order valence-corrected chi connectivity index (χ2v) is 5.27. The molecule has 3 nitrogen and oxygen atoms in total. The molecule has 0 spiro atoms. The van der Waals surface area contributed by atoms with Gasteiger partial charge in [-0.05, 0) is 38.2 Å². The Kier molecular flexibility index (Phi) is 3.66. The zero-order chi connectivity index (χ0) is 13.3. The van der Waals surface area contributed by atoms with Crippen LogP contribution in [-0.4, -0.2) is 44.4 Å². The van der Waals surface area contributed by atoms with E-state index in [0.29, 0.717) is 23.8 Å². The third kappa shape index (κ3) is 2.53. The van der Waals surface area contributed by atoms with Crippen LogP contribution >= 0.6 is 0 Å². The summed E-state index contributed by atoms with van der Waals surface area (Å²) < 4.78 is 13.4. The van der Waals surface area contributed by atoms with Crippen LogP contribution in [0.1, 0.15) is 17.3 Å². The molecule has 2 atom stereocenters. The maximum atomic E-state index is 13.4. The Bertz CT molecular complexity index is 447. The fraction of sp³-hybridized carbons (Fsp3) is 0.500. The molecule has 1 aliphatic heterocycles. The maximum Gasteiger partial charge on any atom is 0.150 e. The van der Waals surface area contributed by atoms with Crippen LogP contribution in [-0.2, 0) is 0 Å². The summed E-state index contributed by atoms with van der Waals surface area (Å²) in [6, 6.07) is 4.98. The lowest BCUT2D eigenvalue weighted by atomic mass is 10.1. The van der Waals surface area contributed by atoms with Crippen molar-refractivity contribution in [2.24, 2.45) is 5.92 Å². The van der Waals surface area contributed by atoms with Crippen LogP contribution in [0.15, 0.2) is 18.2 Å². The lowest BCUT2D eigenvalue weighted by Gasteiger charge is -2.23. The van der Waals surface area contributed by atoms with E-state index in [4.69, 9.17) is 0 Å². The van der Waals surface area contributed by atoms with Crippen molar-refractivity contribution in [3.8, 4) is 0 Å². The van der Waals surface area contributed by atoms with Crippen LogP contribution in [0.4, 0.5) is 10.1 Å². The molecule has 0 radical (unpaired) electrons. The number of nitrogens with zero attached hydrogens (tertiary/aromatic N) is 2. The Morgan fingerprint density at radius 1 is 1.33 bits per heavy atom. The molecule has 1 aliphatic rings. The van der Waals surface area contributed by atoms with Crippen molar-refractivity contribution in [1.82, 2.24) is 4.90 Å². The largest absolute Gasteiger partial charge is 0.370 e. The number of carbonyl (C=O) groups excluding carboxylic acids is 1. The van der Waals surface area contributed by atoms with Crippen molar-refractivity contribution in [2.75, 3.05) is 32.1 Å². The highest BCUT2D eigenvalue weighted by Crippen LogP contribution is 2.27. The monoisotopic (exact) mass is 250 g/mol. The van der Waals surface area contributed by atoms with Gasteiger partial charge < -0.3 is 9.80 Å². The molecule has 0 aromatic heterocycles. The molecule has 0 N–H and O–H groups in total. The smallest absolute Gasteiger partial charge is 0.150 e. The summed E-state index contributed by atoms with van der Waals surface area (Å²) in [6.45, 7) is 3.96. The maximum absolute atomic E-state index is 13.4. The number of halogens is 1. The lowest BCUT2D eigenvalue weighted by molar-refractivity contribution is 0.112. The van der Waals surface area contributed by atoms with E-state index in [9.17, 15) is 9.18 Å². The minimum absolute atomic E-state index is 0.351. The molecule has 1 heterocycles. The van der Waals surface area contributed by atoms with Crippen molar-refractivity contribution in [3.63, 3.8) is 0 Å². The average Bonchev–Trinajstić information content (AvgIpc) is 2.70. The zero-order valence-electron chi connectivity index (χ0n) is 11.1. The predicted molar refractivity (Wildman–Crippen MR) is 70.6 cm³/mol. The molecule has 2 unspecified atom stereocenters. The normalized spacial score (nSPS) is 23.7. The van der Waals surface area contributed by atoms with E-state index in [2.05, 4.69) is 30.8 Å². The molecule has 0 amide bonds. The number of benzene rings is 1. The van der Waals surface area contributed by atoms with Gasteiger partial charge in [-0.2, -0.15) is 0 Å². The highest BCUT2D eigenvalue weighted by Gasteiger charge is 2.31. The van der Waals surface area contributed by atoms with Gasteiger partial charge in [-0.3, -0.25) is 4.79 Å². The van der Waals surface area contributed by atoms with Crippen molar-refractivity contribution in [3.05, 3.63) is 29.6 Å². The zero-order valence-corrected chi connectivity index (χ0v) is 11.1. The minimum atomic E-state index is -0.351. The van der Waals surface area contributed by atoms with Gasteiger partial charge in [0.1, 0.15) is 12.1 Å². The van der Waals surface area contributed by atoms with E-state index in [-0.39, 0.29) is 5.82 Å². The number of aldehydes is 1. The Morgan fingerprint density at radius 3 is 2.61 bits per heavy atom. The summed E-state index contributed by atoms with van der Waals surface area (Å²) in [5.41, 5.74) is 1.19. The number of hydrogen-bond acceptors (Lipinski definition) is 3. The molecule has 18 heavy (non-hydrogen) atoms. The Balaban J connectivity index is 2.23. The summed E-state index contributed by atoms with van der Waals surface area (Å²) in [5, 5.41) is 0. The van der Waals surface area contributed by atoms with E-state index < -0.39 is 0 Å². The summed E-state index contributed by atoms with van der Waals surface area (Å²) in [6.07, 6.45) is 0.690. The van der Waals surface area contributed by atoms with Gasteiger partial charge in [0.2, 0.25) is 0 Å². The third-order valence-corrected chi connectivity index (χ3v) is 3.64. The second-order valence-electron chi connectivity index (χ2n) is 5.27. The molecule has 2 rings (SSSR count). The van der Waals surface area contributed by atoms with Crippen LogP contribution in [0.3, 0.4) is 0 Å². The average molecular weight is 250 g/mol. The van der Waals surface area contributed by atoms with Gasteiger partial charge >= 0.3 is 0 Å². The molecule has 1 fully saturated rings. The quantitative estimate of drug-likeness (QED) is 0.767. The number of carbonyl (C=O) groups is 1.